The van der Waals surface area contributed by atoms with Crippen LogP contribution in [-0.4, -0.2) is 39.7 Å². The smallest absolute Gasteiger partial charge is 0.322 e. The van der Waals surface area contributed by atoms with Gasteiger partial charge in [0.05, 0.1) is 23.6 Å². The molecule has 0 radical (unpaired) electrons. The second kappa shape index (κ2) is 4.26. The molecule has 2 N–H and O–H groups in total. The number of urea groups is 1. The van der Waals surface area contributed by atoms with Crippen LogP contribution in [0.2, 0.25) is 0 Å². The highest BCUT2D eigenvalue weighted by molar-refractivity contribution is 5.90. The van der Waals surface area contributed by atoms with Gasteiger partial charge in [-0.3, -0.25) is 10.1 Å². The first-order chi connectivity index (χ1) is 8.37. The highest BCUT2D eigenvalue weighted by Gasteiger charge is 2.39. The number of nitrogens with one attached hydrogen (secondary N) is 1. The fourth-order valence-electron chi connectivity index (χ4n) is 1.79. The Morgan fingerprint density at radius 1 is 1.44 bits per heavy atom. The van der Waals surface area contributed by atoms with Crippen molar-refractivity contribution in [2.45, 2.75) is 12.5 Å². The third-order valence-electron chi connectivity index (χ3n) is 2.68. The van der Waals surface area contributed by atoms with Gasteiger partial charge in [-0.1, -0.05) is 0 Å². The molecule has 7 nitrogen and oxygen atoms in total. The molecule has 0 unspecified atom stereocenters. The van der Waals surface area contributed by atoms with Crippen molar-refractivity contribution in [3.8, 4) is 0 Å². The van der Waals surface area contributed by atoms with Crippen LogP contribution in [0.5, 0.6) is 0 Å². The fourth-order valence-corrected chi connectivity index (χ4v) is 1.79. The molecule has 7 heteroatoms. The molecule has 1 aliphatic heterocycles. The van der Waals surface area contributed by atoms with Gasteiger partial charge >= 0.3 is 6.03 Å². The summed E-state index contributed by atoms with van der Waals surface area (Å²) in [5.41, 5.74) is -0.357. The van der Waals surface area contributed by atoms with Crippen molar-refractivity contribution in [1.29, 1.82) is 0 Å². The number of β-amino-alcohol motifs (C(OH)–C–C–N with tert-alkyl or cyclic N) is 1. The van der Waals surface area contributed by atoms with Gasteiger partial charge in [-0.15, -0.1) is 0 Å². The normalized spacial score (nSPS) is 16.9. The number of likely N-dealkylation sites (tertiary alicyclic amines) is 1. The number of nitrogens with zero attached hydrogens (tertiary/aromatic N) is 2. The van der Waals surface area contributed by atoms with Gasteiger partial charge in [-0.2, -0.15) is 0 Å². The van der Waals surface area contributed by atoms with Crippen molar-refractivity contribution in [3.05, 3.63) is 34.4 Å². The monoisotopic (exact) mass is 251 g/mol. The number of nitro benzene ring substituents is 1. The molecule has 18 heavy (non-hydrogen) atoms. The second-order valence-electron chi connectivity index (χ2n) is 4.59. The van der Waals surface area contributed by atoms with Crippen LogP contribution in [0.4, 0.5) is 16.2 Å². The lowest BCUT2D eigenvalue weighted by Gasteiger charge is -2.43. The summed E-state index contributed by atoms with van der Waals surface area (Å²) in [6, 6.07) is 5.25. The van der Waals surface area contributed by atoms with Gasteiger partial charge in [0.2, 0.25) is 0 Å². The summed E-state index contributed by atoms with van der Waals surface area (Å²) >= 11 is 0. The summed E-state index contributed by atoms with van der Waals surface area (Å²) in [4.78, 5) is 23.1. The first-order valence-electron chi connectivity index (χ1n) is 5.40. The maximum absolute atomic E-state index is 11.7. The summed E-state index contributed by atoms with van der Waals surface area (Å²) in [5, 5.41) is 22.6. The van der Waals surface area contributed by atoms with Crippen molar-refractivity contribution in [2.75, 3.05) is 18.4 Å². The Balaban J connectivity index is 1.94. The number of hydrogen-bond acceptors (Lipinski definition) is 4. The summed E-state index contributed by atoms with van der Waals surface area (Å²) in [6.07, 6.45) is 0. The van der Waals surface area contributed by atoms with E-state index in [9.17, 15) is 20.0 Å². The molecule has 1 aromatic rings. The lowest BCUT2D eigenvalue weighted by Crippen LogP contribution is -2.62. The molecule has 0 saturated carbocycles. The molecule has 1 aromatic carbocycles. The third-order valence-corrected chi connectivity index (χ3v) is 2.68. The predicted molar refractivity (Wildman–Crippen MR) is 64.3 cm³/mol. The molecule has 1 aliphatic rings. The second-order valence-corrected chi connectivity index (χ2v) is 4.59. The van der Waals surface area contributed by atoms with Gasteiger partial charge in [0.15, 0.2) is 0 Å². The first kappa shape index (κ1) is 12.3. The Morgan fingerprint density at radius 2 is 2.00 bits per heavy atom. The van der Waals surface area contributed by atoms with Crippen molar-refractivity contribution in [1.82, 2.24) is 4.90 Å². The largest absolute Gasteiger partial charge is 0.386 e. The number of carbonyl (C=O) groups is 1. The first-order valence-corrected chi connectivity index (χ1v) is 5.40. The van der Waals surface area contributed by atoms with Crippen molar-refractivity contribution in [2.24, 2.45) is 0 Å². The van der Waals surface area contributed by atoms with Crippen LogP contribution >= 0.6 is 0 Å². The topological polar surface area (TPSA) is 95.7 Å². The van der Waals surface area contributed by atoms with Gasteiger partial charge in [0.25, 0.3) is 5.69 Å². The molecular weight excluding hydrogens is 238 g/mol. The van der Waals surface area contributed by atoms with E-state index in [1.54, 1.807) is 6.92 Å². The third kappa shape index (κ3) is 2.57. The zero-order valence-electron chi connectivity index (χ0n) is 9.79. The maximum Gasteiger partial charge on any atom is 0.322 e. The van der Waals surface area contributed by atoms with E-state index in [1.165, 1.54) is 29.2 Å². The van der Waals surface area contributed by atoms with E-state index >= 15 is 0 Å². The summed E-state index contributed by atoms with van der Waals surface area (Å²) < 4.78 is 0. The lowest BCUT2D eigenvalue weighted by molar-refractivity contribution is -0.384. The Kier molecular flexibility index (Phi) is 2.92. The van der Waals surface area contributed by atoms with E-state index < -0.39 is 10.5 Å². The molecule has 2 rings (SSSR count). The summed E-state index contributed by atoms with van der Waals surface area (Å²) in [6.45, 7) is 2.22. The van der Waals surface area contributed by atoms with Crippen LogP contribution in [0.15, 0.2) is 24.3 Å². The fraction of sp³-hybridized carbons (Fsp3) is 0.364. The molecule has 1 saturated heterocycles. The van der Waals surface area contributed by atoms with Crippen LogP contribution in [0, 0.1) is 10.1 Å². The molecule has 0 aromatic heterocycles. The van der Waals surface area contributed by atoms with E-state index in [1.807, 2.05) is 0 Å². The van der Waals surface area contributed by atoms with Gasteiger partial charge < -0.3 is 15.3 Å². The maximum atomic E-state index is 11.7. The van der Waals surface area contributed by atoms with Crippen molar-refractivity contribution < 1.29 is 14.8 Å². The number of amides is 2. The Labute approximate surface area is 103 Å². The van der Waals surface area contributed by atoms with E-state index in [0.29, 0.717) is 5.69 Å². The zero-order valence-corrected chi connectivity index (χ0v) is 9.79. The highest BCUT2D eigenvalue weighted by Crippen LogP contribution is 2.21. The minimum atomic E-state index is -0.813. The van der Waals surface area contributed by atoms with Crippen LogP contribution in [-0.2, 0) is 0 Å². The highest BCUT2D eigenvalue weighted by atomic mass is 16.6. The summed E-state index contributed by atoms with van der Waals surface area (Å²) in [5.74, 6) is 0. The van der Waals surface area contributed by atoms with E-state index in [0.717, 1.165) is 0 Å². The number of benzene rings is 1. The minimum absolute atomic E-state index is 0.0279. The molecule has 0 aliphatic carbocycles. The number of carbonyl (C=O) groups excluding carboxylic acids is 1. The van der Waals surface area contributed by atoms with E-state index in [4.69, 9.17) is 0 Å². The van der Waals surface area contributed by atoms with Crippen LogP contribution < -0.4 is 5.32 Å². The number of non-ortho nitro benzene ring substituents is 1. The Morgan fingerprint density at radius 3 is 2.44 bits per heavy atom. The average molecular weight is 251 g/mol. The van der Waals surface area contributed by atoms with Crippen molar-refractivity contribution in [3.63, 3.8) is 0 Å². The number of rotatable bonds is 2. The van der Waals surface area contributed by atoms with E-state index in [2.05, 4.69) is 5.32 Å². The molecule has 0 spiro atoms. The Hall–Kier alpha value is -2.15. The number of nitro groups is 1. The number of anilines is 1. The quantitative estimate of drug-likeness (QED) is 0.609. The molecular formula is C11H13N3O4. The molecule has 0 atom stereocenters. The van der Waals surface area contributed by atoms with Gasteiger partial charge in [0.1, 0.15) is 0 Å². The molecule has 2 amide bonds. The van der Waals surface area contributed by atoms with Gasteiger partial charge in [-0.05, 0) is 19.1 Å². The SMILES string of the molecule is CC1(O)CN(C(=O)Nc2ccc([N+](=O)[O-])cc2)C1. The molecule has 1 heterocycles. The van der Waals surface area contributed by atoms with Crippen molar-refractivity contribution >= 4 is 17.4 Å². The lowest BCUT2D eigenvalue weighted by atomic mass is 9.98. The minimum Gasteiger partial charge on any atom is -0.386 e. The van der Waals surface area contributed by atoms with Crippen LogP contribution in [0.1, 0.15) is 6.92 Å². The average Bonchev–Trinajstić information content (AvgIpc) is 2.26. The summed E-state index contributed by atoms with van der Waals surface area (Å²) in [7, 11) is 0. The molecule has 1 fully saturated rings. The molecule has 96 valence electrons. The number of hydrogen-bond donors (Lipinski definition) is 2. The predicted octanol–water partition coefficient (Wildman–Crippen LogP) is 1.19. The van der Waals surface area contributed by atoms with Gasteiger partial charge in [-0.25, -0.2) is 4.79 Å². The van der Waals surface area contributed by atoms with Crippen LogP contribution in [0.25, 0.3) is 0 Å². The zero-order chi connectivity index (χ0) is 13.3. The number of aliphatic hydroxyl groups is 1. The van der Waals surface area contributed by atoms with Crippen LogP contribution in [0.3, 0.4) is 0 Å². The van der Waals surface area contributed by atoms with Gasteiger partial charge in [0, 0.05) is 17.8 Å². The van der Waals surface area contributed by atoms with E-state index in [-0.39, 0.29) is 24.8 Å². The molecule has 0 bridgehead atoms. The standard InChI is InChI=1S/C11H13N3O4/c1-11(16)6-13(7-11)10(15)12-8-2-4-9(5-3-8)14(17)18/h2-5,16H,6-7H2,1H3,(H,12,15). The Bertz CT molecular complexity index is 476.